The molecule has 0 bridgehead atoms. The van der Waals surface area contributed by atoms with Crippen molar-refractivity contribution in [3.8, 4) is 0 Å². The number of rotatable bonds is 3. The number of benzene rings is 7. The van der Waals surface area contributed by atoms with Gasteiger partial charge in [-0.3, -0.25) is 4.98 Å². The first-order chi connectivity index (χ1) is 23.3. The van der Waals surface area contributed by atoms with Crippen molar-refractivity contribution in [2.24, 2.45) is 9.98 Å². The summed E-state index contributed by atoms with van der Waals surface area (Å²) in [5.74, 6) is 1.53. The van der Waals surface area contributed by atoms with Crippen molar-refractivity contribution in [2.75, 3.05) is 0 Å². The summed E-state index contributed by atoms with van der Waals surface area (Å²) in [6.07, 6.45) is 3.12. The fourth-order valence-electron chi connectivity index (χ4n) is 7.18. The summed E-state index contributed by atoms with van der Waals surface area (Å²) in [5, 5.41) is 15.3. The summed E-state index contributed by atoms with van der Waals surface area (Å²) >= 11 is 0. The molecule has 0 fully saturated rings. The Balaban J connectivity index is 1.25. The Kier molecular flexibility index (Phi) is 5.57. The summed E-state index contributed by atoms with van der Waals surface area (Å²) < 4.78 is 6.23. The highest BCUT2D eigenvalue weighted by atomic mass is 16.3. The lowest BCUT2D eigenvalue weighted by Crippen LogP contribution is -2.36. The van der Waals surface area contributed by atoms with Crippen LogP contribution in [-0.4, -0.2) is 16.7 Å². The Morgan fingerprint density at radius 3 is 2.09 bits per heavy atom. The third-order valence-electron chi connectivity index (χ3n) is 9.37. The number of hydrogen-bond acceptors (Lipinski definition) is 5. The van der Waals surface area contributed by atoms with Gasteiger partial charge in [-0.2, -0.15) is 0 Å². The molecule has 7 aromatic carbocycles. The molecule has 47 heavy (non-hydrogen) atoms. The van der Waals surface area contributed by atoms with Crippen LogP contribution in [0.5, 0.6) is 0 Å². The van der Waals surface area contributed by atoms with E-state index in [-0.39, 0.29) is 0 Å². The van der Waals surface area contributed by atoms with Gasteiger partial charge in [-0.15, -0.1) is 0 Å². The summed E-state index contributed by atoms with van der Waals surface area (Å²) in [7, 11) is 0. The van der Waals surface area contributed by atoms with Crippen molar-refractivity contribution in [3.63, 3.8) is 0 Å². The average Bonchev–Trinajstić information content (AvgIpc) is 3.53. The van der Waals surface area contributed by atoms with Crippen molar-refractivity contribution in [3.05, 3.63) is 163 Å². The van der Waals surface area contributed by atoms with Crippen molar-refractivity contribution < 1.29 is 4.42 Å². The minimum Gasteiger partial charge on any atom is -0.454 e. The van der Waals surface area contributed by atoms with Gasteiger partial charge in [-0.25, -0.2) is 9.98 Å². The van der Waals surface area contributed by atoms with E-state index in [9.17, 15) is 0 Å². The molecule has 0 radical (unpaired) electrons. The van der Waals surface area contributed by atoms with Gasteiger partial charge in [0.1, 0.15) is 17.3 Å². The molecule has 9 aromatic rings. The minimum atomic E-state index is -0.456. The number of aromatic nitrogens is 1. The number of hydrogen-bond donors (Lipinski definition) is 1. The molecule has 1 aliphatic heterocycles. The second-order valence-electron chi connectivity index (χ2n) is 12.1. The number of aliphatic imine (C=N–C) groups is 2. The highest BCUT2D eigenvalue weighted by molar-refractivity contribution is 6.29. The first kappa shape index (κ1) is 25.9. The Labute approximate surface area is 269 Å². The minimum absolute atomic E-state index is 0.456. The molecule has 2 aromatic heterocycles. The molecule has 0 aliphatic carbocycles. The second kappa shape index (κ2) is 10.1. The molecule has 1 aliphatic rings. The fraction of sp³-hybridized carbons (Fsp3) is 0.0238. The zero-order valence-electron chi connectivity index (χ0n) is 25.2. The van der Waals surface area contributed by atoms with Crippen LogP contribution in [0.4, 0.5) is 0 Å². The van der Waals surface area contributed by atoms with Gasteiger partial charge in [0, 0.05) is 28.1 Å². The molecule has 0 saturated heterocycles. The van der Waals surface area contributed by atoms with E-state index >= 15 is 0 Å². The molecule has 0 amide bonds. The maximum Gasteiger partial charge on any atom is 0.169 e. The lowest BCUT2D eigenvalue weighted by atomic mass is 9.92. The van der Waals surface area contributed by atoms with Crippen molar-refractivity contribution in [1.82, 2.24) is 10.3 Å². The summed E-state index contributed by atoms with van der Waals surface area (Å²) in [6, 6.07) is 47.0. The van der Waals surface area contributed by atoms with E-state index in [0.29, 0.717) is 0 Å². The van der Waals surface area contributed by atoms with Gasteiger partial charge < -0.3 is 9.73 Å². The number of nitrogens with zero attached hydrogens (tertiary/aromatic N) is 3. The monoisotopic (exact) mass is 602 g/mol. The van der Waals surface area contributed by atoms with Gasteiger partial charge >= 0.3 is 0 Å². The van der Waals surface area contributed by atoms with Gasteiger partial charge in [0.15, 0.2) is 11.7 Å². The van der Waals surface area contributed by atoms with Crippen LogP contribution in [0.25, 0.3) is 65.0 Å². The molecule has 1 atom stereocenters. The molecule has 5 heteroatoms. The molecule has 220 valence electrons. The summed E-state index contributed by atoms with van der Waals surface area (Å²) in [5.41, 5.74) is 4.57. The van der Waals surface area contributed by atoms with Gasteiger partial charge in [0.2, 0.25) is 0 Å². The van der Waals surface area contributed by atoms with Crippen LogP contribution >= 0.6 is 0 Å². The molecule has 0 spiro atoms. The predicted molar refractivity (Wildman–Crippen MR) is 193 cm³/mol. The first-order valence-corrected chi connectivity index (χ1v) is 15.8. The zero-order chi connectivity index (χ0) is 30.9. The van der Waals surface area contributed by atoms with E-state index in [1.807, 2.05) is 18.2 Å². The number of pyridine rings is 1. The maximum atomic E-state index is 6.23. The van der Waals surface area contributed by atoms with Crippen LogP contribution in [0.15, 0.2) is 160 Å². The Morgan fingerprint density at radius 1 is 0.489 bits per heavy atom. The fourth-order valence-corrected chi connectivity index (χ4v) is 7.18. The van der Waals surface area contributed by atoms with E-state index in [2.05, 4.69) is 126 Å². The van der Waals surface area contributed by atoms with Crippen LogP contribution in [-0.2, 0) is 0 Å². The van der Waals surface area contributed by atoms with Crippen LogP contribution in [0.2, 0.25) is 0 Å². The van der Waals surface area contributed by atoms with E-state index in [4.69, 9.17) is 14.4 Å². The third kappa shape index (κ3) is 4.07. The molecule has 10 rings (SSSR count). The predicted octanol–water partition coefficient (Wildman–Crippen LogP) is 10.1. The second-order valence-corrected chi connectivity index (χ2v) is 12.1. The van der Waals surface area contributed by atoms with Crippen LogP contribution in [0, 0.1) is 0 Å². The van der Waals surface area contributed by atoms with Crippen molar-refractivity contribution in [1.29, 1.82) is 0 Å². The molecular formula is C42H26N4O. The molecule has 3 heterocycles. The van der Waals surface area contributed by atoms with E-state index in [1.54, 1.807) is 12.4 Å². The normalized spacial score (nSPS) is 15.0. The lowest BCUT2D eigenvalue weighted by molar-refractivity contribution is 0.667. The van der Waals surface area contributed by atoms with Crippen LogP contribution in [0.1, 0.15) is 22.9 Å². The molecule has 5 nitrogen and oxygen atoms in total. The Morgan fingerprint density at radius 2 is 1.21 bits per heavy atom. The largest absolute Gasteiger partial charge is 0.454 e. The van der Waals surface area contributed by atoms with E-state index in [1.165, 1.54) is 26.9 Å². The molecule has 1 unspecified atom stereocenters. The maximum absolute atomic E-state index is 6.23. The number of amidine groups is 2. The quantitative estimate of drug-likeness (QED) is 0.205. The smallest absolute Gasteiger partial charge is 0.169 e. The van der Waals surface area contributed by atoms with Crippen LogP contribution in [0.3, 0.4) is 0 Å². The molecular weight excluding hydrogens is 576 g/mol. The highest BCUT2D eigenvalue weighted by Gasteiger charge is 2.25. The standard InChI is InChI=1S/C42H26N4O/c1-2-10-27-22-29(17-16-25(27)8-1)40-44-41(34-14-7-15-36-39(34)33-20-21-43-24-37(33)47-36)46-42(45-40)35-23-28-11-4-6-13-31(28)38-30-12-5-3-9-26(30)18-19-32(35)38/h1-24,40H,(H,44,45,46). The Hall–Kier alpha value is -6.33. The number of nitrogens with one attached hydrogen (secondary N) is 1. The average molecular weight is 603 g/mol. The van der Waals surface area contributed by atoms with E-state index < -0.39 is 6.17 Å². The van der Waals surface area contributed by atoms with Gasteiger partial charge in [-0.05, 0) is 72.9 Å². The first-order valence-electron chi connectivity index (χ1n) is 15.8. The van der Waals surface area contributed by atoms with E-state index in [0.717, 1.165) is 66.5 Å². The van der Waals surface area contributed by atoms with Gasteiger partial charge in [0.25, 0.3) is 0 Å². The van der Waals surface area contributed by atoms with Gasteiger partial charge in [-0.1, -0.05) is 109 Å². The number of furan rings is 1. The SMILES string of the molecule is c1ccc2cc(C3N=C(c4cc5ccccc5c5c4ccc4ccccc45)NC(c4cccc5oc6cnccc6c45)=N3)ccc2c1. The highest BCUT2D eigenvalue weighted by Crippen LogP contribution is 2.37. The van der Waals surface area contributed by atoms with Crippen molar-refractivity contribution >= 4 is 76.7 Å². The number of fused-ring (bicyclic) bond motifs is 9. The Bertz CT molecular complexity index is 2780. The third-order valence-corrected chi connectivity index (χ3v) is 9.37. The lowest BCUT2D eigenvalue weighted by Gasteiger charge is -2.24. The topological polar surface area (TPSA) is 62.8 Å². The molecule has 0 saturated carbocycles. The zero-order valence-corrected chi connectivity index (χ0v) is 25.2. The van der Waals surface area contributed by atoms with Crippen LogP contribution < -0.4 is 5.32 Å². The van der Waals surface area contributed by atoms with Crippen molar-refractivity contribution in [2.45, 2.75) is 6.17 Å². The molecule has 1 N–H and O–H groups in total. The summed E-state index contributed by atoms with van der Waals surface area (Å²) in [6.45, 7) is 0. The van der Waals surface area contributed by atoms with Gasteiger partial charge in [0.05, 0.1) is 6.20 Å². The summed E-state index contributed by atoms with van der Waals surface area (Å²) in [4.78, 5) is 14.9.